The second kappa shape index (κ2) is 5.41. The third-order valence-corrected chi connectivity index (χ3v) is 4.88. The minimum absolute atomic E-state index is 0.159. The Labute approximate surface area is 154 Å². The first-order valence-corrected chi connectivity index (χ1v) is 8.56. The van der Waals surface area contributed by atoms with Crippen molar-refractivity contribution in [2.75, 3.05) is 0 Å². The Kier molecular flexibility index (Phi) is 3.12. The first-order chi connectivity index (χ1) is 13.1. The SMILES string of the molecule is Cc1cc(C)n(-c2ncnc3c4c(ccc23)C(=O)c2ccccc2C4=O)n1. The molecule has 0 atom stereocenters. The molecule has 27 heavy (non-hydrogen) atoms. The van der Waals surface area contributed by atoms with Crippen molar-refractivity contribution in [2.45, 2.75) is 13.8 Å². The number of hydrogen-bond donors (Lipinski definition) is 0. The van der Waals surface area contributed by atoms with Gasteiger partial charge in [0, 0.05) is 27.8 Å². The molecule has 2 heterocycles. The van der Waals surface area contributed by atoms with Gasteiger partial charge in [-0.15, -0.1) is 0 Å². The van der Waals surface area contributed by atoms with Crippen LogP contribution in [0.15, 0.2) is 48.8 Å². The van der Waals surface area contributed by atoms with Crippen LogP contribution < -0.4 is 0 Å². The van der Waals surface area contributed by atoms with Gasteiger partial charge in [0.2, 0.25) is 0 Å². The van der Waals surface area contributed by atoms with Crippen molar-refractivity contribution in [1.29, 1.82) is 0 Å². The first-order valence-electron chi connectivity index (χ1n) is 8.56. The zero-order valence-electron chi connectivity index (χ0n) is 14.7. The summed E-state index contributed by atoms with van der Waals surface area (Å²) in [6, 6.07) is 12.3. The van der Waals surface area contributed by atoms with Gasteiger partial charge in [0.05, 0.1) is 16.8 Å². The molecule has 0 bridgehead atoms. The van der Waals surface area contributed by atoms with E-state index in [4.69, 9.17) is 0 Å². The smallest absolute Gasteiger partial charge is 0.196 e. The van der Waals surface area contributed by atoms with Crippen LogP contribution in [0.2, 0.25) is 0 Å². The van der Waals surface area contributed by atoms with Crippen LogP contribution in [0.3, 0.4) is 0 Å². The molecule has 6 nitrogen and oxygen atoms in total. The molecule has 0 aliphatic heterocycles. The fraction of sp³-hybridized carbons (Fsp3) is 0.0952. The van der Waals surface area contributed by atoms with Crippen LogP contribution >= 0.6 is 0 Å². The van der Waals surface area contributed by atoms with Gasteiger partial charge in [-0.05, 0) is 32.0 Å². The highest BCUT2D eigenvalue weighted by molar-refractivity contribution is 6.31. The third kappa shape index (κ3) is 2.10. The molecule has 2 aromatic heterocycles. The van der Waals surface area contributed by atoms with Gasteiger partial charge in [-0.3, -0.25) is 9.59 Å². The average molecular weight is 354 g/mol. The van der Waals surface area contributed by atoms with Crippen LogP contribution in [0.5, 0.6) is 0 Å². The summed E-state index contributed by atoms with van der Waals surface area (Å²) in [4.78, 5) is 34.8. The molecular weight excluding hydrogens is 340 g/mol. The lowest BCUT2D eigenvalue weighted by Gasteiger charge is -2.19. The van der Waals surface area contributed by atoms with E-state index in [-0.39, 0.29) is 11.6 Å². The zero-order chi connectivity index (χ0) is 18.7. The van der Waals surface area contributed by atoms with Crippen molar-refractivity contribution in [1.82, 2.24) is 19.7 Å². The van der Waals surface area contributed by atoms with E-state index >= 15 is 0 Å². The molecule has 0 unspecified atom stereocenters. The van der Waals surface area contributed by atoms with Crippen molar-refractivity contribution < 1.29 is 9.59 Å². The molecule has 0 fully saturated rings. The van der Waals surface area contributed by atoms with Crippen LogP contribution in [0.1, 0.15) is 43.2 Å². The molecule has 0 saturated carbocycles. The highest BCUT2D eigenvalue weighted by Crippen LogP contribution is 2.33. The molecule has 130 valence electrons. The van der Waals surface area contributed by atoms with Gasteiger partial charge in [-0.25, -0.2) is 14.6 Å². The Morgan fingerprint density at radius 2 is 1.59 bits per heavy atom. The predicted octanol–water partition coefficient (Wildman–Crippen LogP) is 3.21. The Morgan fingerprint density at radius 3 is 2.30 bits per heavy atom. The maximum absolute atomic E-state index is 13.2. The molecule has 6 heteroatoms. The molecule has 1 aliphatic rings. The maximum atomic E-state index is 13.2. The minimum Gasteiger partial charge on any atom is -0.289 e. The van der Waals surface area contributed by atoms with Crippen LogP contribution in [-0.4, -0.2) is 31.3 Å². The molecule has 0 radical (unpaired) electrons. The predicted molar refractivity (Wildman–Crippen MR) is 99.4 cm³/mol. The summed E-state index contributed by atoms with van der Waals surface area (Å²) in [6.07, 6.45) is 1.41. The highest BCUT2D eigenvalue weighted by Gasteiger charge is 2.32. The normalized spacial score (nSPS) is 13.0. The first kappa shape index (κ1) is 15.6. The van der Waals surface area contributed by atoms with Gasteiger partial charge in [-0.1, -0.05) is 24.3 Å². The standard InChI is InChI=1S/C21H14N4O2/c1-11-9-12(2)25(24-11)21-16-8-7-15-17(18(16)22-10-23-21)20(27)14-6-4-3-5-13(14)19(15)26/h3-10H,1-2H3. The second-order valence-electron chi connectivity index (χ2n) is 6.62. The number of carbonyl (C=O) groups excluding carboxylic acids is 2. The second-order valence-corrected chi connectivity index (χ2v) is 6.62. The van der Waals surface area contributed by atoms with Crippen LogP contribution in [0, 0.1) is 13.8 Å². The van der Waals surface area contributed by atoms with E-state index in [1.54, 1.807) is 41.1 Å². The largest absolute Gasteiger partial charge is 0.289 e. The molecule has 0 saturated heterocycles. The summed E-state index contributed by atoms with van der Waals surface area (Å²) < 4.78 is 1.73. The number of fused-ring (bicyclic) bond motifs is 4. The number of hydrogen-bond acceptors (Lipinski definition) is 5. The van der Waals surface area contributed by atoms with E-state index in [1.807, 2.05) is 19.9 Å². The lowest BCUT2D eigenvalue weighted by Crippen LogP contribution is -2.21. The lowest BCUT2D eigenvalue weighted by atomic mass is 9.83. The van der Waals surface area contributed by atoms with Gasteiger partial charge in [-0.2, -0.15) is 5.10 Å². The fourth-order valence-electron chi connectivity index (χ4n) is 3.71. The number of rotatable bonds is 1. The molecular formula is C21H14N4O2. The topological polar surface area (TPSA) is 77.7 Å². The molecule has 1 aliphatic carbocycles. The van der Waals surface area contributed by atoms with Gasteiger partial charge in [0.1, 0.15) is 6.33 Å². The lowest BCUT2D eigenvalue weighted by molar-refractivity contribution is 0.0980. The summed E-state index contributed by atoms with van der Waals surface area (Å²) in [5.41, 5.74) is 3.83. The monoisotopic (exact) mass is 354 g/mol. The van der Waals surface area contributed by atoms with Crippen molar-refractivity contribution in [3.63, 3.8) is 0 Å². The number of ketones is 2. The molecule has 0 N–H and O–H groups in total. The van der Waals surface area contributed by atoms with Crippen molar-refractivity contribution in [3.05, 3.63) is 82.4 Å². The van der Waals surface area contributed by atoms with E-state index < -0.39 is 0 Å². The summed E-state index contributed by atoms with van der Waals surface area (Å²) in [7, 11) is 0. The zero-order valence-corrected chi connectivity index (χ0v) is 14.7. The van der Waals surface area contributed by atoms with E-state index in [0.29, 0.717) is 39.0 Å². The quantitative estimate of drug-likeness (QED) is 0.462. The van der Waals surface area contributed by atoms with Crippen LogP contribution in [-0.2, 0) is 0 Å². The minimum atomic E-state index is -0.191. The molecule has 0 spiro atoms. The third-order valence-electron chi connectivity index (χ3n) is 4.88. The number of carbonyl (C=O) groups is 2. The van der Waals surface area contributed by atoms with Gasteiger partial charge >= 0.3 is 0 Å². The molecule has 5 rings (SSSR count). The summed E-state index contributed by atoms with van der Waals surface area (Å²) in [5, 5.41) is 5.17. The van der Waals surface area contributed by atoms with Crippen LogP contribution in [0.4, 0.5) is 0 Å². The van der Waals surface area contributed by atoms with E-state index in [0.717, 1.165) is 11.4 Å². The van der Waals surface area contributed by atoms with Crippen molar-refractivity contribution >= 4 is 22.5 Å². The van der Waals surface area contributed by atoms with Crippen molar-refractivity contribution in [3.8, 4) is 5.82 Å². The summed E-state index contributed by atoms with van der Waals surface area (Å²) in [6.45, 7) is 3.85. The number of nitrogens with zero attached hydrogens (tertiary/aromatic N) is 4. The number of aromatic nitrogens is 4. The fourth-order valence-corrected chi connectivity index (χ4v) is 3.71. The average Bonchev–Trinajstić information content (AvgIpc) is 3.02. The maximum Gasteiger partial charge on any atom is 0.196 e. The summed E-state index contributed by atoms with van der Waals surface area (Å²) in [5.74, 6) is 0.240. The van der Waals surface area contributed by atoms with E-state index in [9.17, 15) is 9.59 Å². The molecule has 2 aromatic carbocycles. The van der Waals surface area contributed by atoms with Crippen LogP contribution in [0.25, 0.3) is 16.7 Å². The number of benzene rings is 2. The summed E-state index contributed by atoms with van der Waals surface area (Å²) >= 11 is 0. The van der Waals surface area contributed by atoms with Gasteiger partial charge in [0.25, 0.3) is 0 Å². The molecule has 0 amide bonds. The molecule has 4 aromatic rings. The Balaban J connectivity index is 1.84. The Bertz CT molecular complexity index is 1290. The number of aryl methyl sites for hydroxylation is 2. The Hall–Kier alpha value is -3.67. The Morgan fingerprint density at radius 1 is 0.852 bits per heavy atom. The van der Waals surface area contributed by atoms with E-state index in [2.05, 4.69) is 15.1 Å². The highest BCUT2D eigenvalue weighted by atomic mass is 16.1. The van der Waals surface area contributed by atoms with Gasteiger partial charge in [0.15, 0.2) is 17.4 Å². The van der Waals surface area contributed by atoms with Crippen molar-refractivity contribution in [2.24, 2.45) is 0 Å². The van der Waals surface area contributed by atoms with Gasteiger partial charge < -0.3 is 0 Å². The van der Waals surface area contributed by atoms with E-state index in [1.165, 1.54) is 6.33 Å².